The number of ether oxygens (including phenoxy) is 1. The van der Waals surface area contributed by atoms with E-state index in [0.717, 1.165) is 5.56 Å². The van der Waals surface area contributed by atoms with Crippen LogP contribution in [0.25, 0.3) is 0 Å². The largest absolute Gasteiger partial charge is 0.450 e. The summed E-state index contributed by atoms with van der Waals surface area (Å²) >= 11 is 0. The molecule has 1 aromatic rings. The van der Waals surface area contributed by atoms with Crippen molar-refractivity contribution >= 4 is 17.7 Å². The van der Waals surface area contributed by atoms with E-state index in [9.17, 15) is 9.59 Å². The number of carbonyl (C=O) groups is 2. The molecule has 3 N–H and O–H groups in total. The SMILES string of the molecule is CCOC(=O)Nc1ccc(CC(N)=O)cc1. The van der Waals surface area contributed by atoms with Gasteiger partial charge in [-0.05, 0) is 24.6 Å². The lowest BCUT2D eigenvalue weighted by molar-refractivity contribution is -0.117. The van der Waals surface area contributed by atoms with Gasteiger partial charge >= 0.3 is 6.09 Å². The Morgan fingerprint density at radius 2 is 1.94 bits per heavy atom. The van der Waals surface area contributed by atoms with E-state index in [0.29, 0.717) is 12.3 Å². The average Bonchev–Trinajstić information content (AvgIpc) is 2.20. The number of carbonyl (C=O) groups excluding carboxylic acids is 2. The number of benzene rings is 1. The predicted molar refractivity (Wildman–Crippen MR) is 60.0 cm³/mol. The molecule has 16 heavy (non-hydrogen) atoms. The van der Waals surface area contributed by atoms with Gasteiger partial charge in [-0.3, -0.25) is 10.1 Å². The lowest BCUT2D eigenvalue weighted by atomic mass is 10.1. The summed E-state index contributed by atoms with van der Waals surface area (Å²) in [4.78, 5) is 21.7. The molecule has 5 heteroatoms. The van der Waals surface area contributed by atoms with Crippen molar-refractivity contribution in [3.05, 3.63) is 29.8 Å². The number of nitrogens with one attached hydrogen (secondary N) is 1. The lowest BCUT2D eigenvalue weighted by Gasteiger charge is -2.05. The Kier molecular flexibility index (Phi) is 4.32. The van der Waals surface area contributed by atoms with Gasteiger partial charge < -0.3 is 10.5 Å². The summed E-state index contributed by atoms with van der Waals surface area (Å²) in [5.41, 5.74) is 6.48. The molecule has 86 valence electrons. The molecule has 0 spiro atoms. The maximum Gasteiger partial charge on any atom is 0.411 e. The third-order valence-corrected chi connectivity index (χ3v) is 1.85. The average molecular weight is 222 g/mol. The van der Waals surface area contributed by atoms with Crippen molar-refractivity contribution in [2.75, 3.05) is 11.9 Å². The minimum absolute atomic E-state index is 0.194. The van der Waals surface area contributed by atoms with Crippen molar-refractivity contribution in [3.8, 4) is 0 Å². The van der Waals surface area contributed by atoms with Crippen LogP contribution in [0.2, 0.25) is 0 Å². The minimum Gasteiger partial charge on any atom is -0.450 e. The highest BCUT2D eigenvalue weighted by molar-refractivity contribution is 5.84. The molecule has 0 aliphatic carbocycles. The van der Waals surface area contributed by atoms with Crippen molar-refractivity contribution < 1.29 is 14.3 Å². The van der Waals surface area contributed by atoms with Crippen LogP contribution in [0.5, 0.6) is 0 Å². The third-order valence-electron chi connectivity index (χ3n) is 1.85. The Morgan fingerprint density at radius 1 is 1.31 bits per heavy atom. The number of primary amides is 1. The molecule has 1 aromatic carbocycles. The fourth-order valence-electron chi connectivity index (χ4n) is 1.19. The summed E-state index contributed by atoms with van der Waals surface area (Å²) in [5.74, 6) is -0.383. The van der Waals surface area contributed by atoms with Gasteiger partial charge in [0.15, 0.2) is 0 Å². The molecule has 0 atom stereocenters. The van der Waals surface area contributed by atoms with E-state index in [1.165, 1.54) is 0 Å². The lowest BCUT2D eigenvalue weighted by Crippen LogP contribution is -2.14. The van der Waals surface area contributed by atoms with E-state index in [1.54, 1.807) is 31.2 Å². The fourth-order valence-corrected chi connectivity index (χ4v) is 1.19. The molecular weight excluding hydrogens is 208 g/mol. The first kappa shape index (κ1) is 12.0. The van der Waals surface area contributed by atoms with Crippen LogP contribution in [-0.2, 0) is 16.0 Å². The highest BCUT2D eigenvalue weighted by Crippen LogP contribution is 2.10. The number of rotatable bonds is 4. The Morgan fingerprint density at radius 3 is 2.44 bits per heavy atom. The Bertz CT molecular complexity index is 373. The van der Waals surface area contributed by atoms with Crippen LogP contribution in [0.15, 0.2) is 24.3 Å². The number of anilines is 1. The molecule has 0 aromatic heterocycles. The molecule has 2 amide bonds. The first-order valence-electron chi connectivity index (χ1n) is 4.93. The maximum absolute atomic E-state index is 11.1. The van der Waals surface area contributed by atoms with Gasteiger partial charge in [-0.2, -0.15) is 0 Å². The van der Waals surface area contributed by atoms with E-state index < -0.39 is 6.09 Å². The van der Waals surface area contributed by atoms with Gasteiger partial charge in [0.2, 0.25) is 5.91 Å². The van der Waals surface area contributed by atoms with Gasteiger partial charge in [0.1, 0.15) is 0 Å². The van der Waals surface area contributed by atoms with Gasteiger partial charge in [-0.25, -0.2) is 4.79 Å². The topological polar surface area (TPSA) is 81.4 Å². The van der Waals surface area contributed by atoms with Crippen molar-refractivity contribution in [2.45, 2.75) is 13.3 Å². The first-order chi connectivity index (χ1) is 7.61. The van der Waals surface area contributed by atoms with Crippen molar-refractivity contribution in [3.63, 3.8) is 0 Å². The zero-order chi connectivity index (χ0) is 12.0. The van der Waals surface area contributed by atoms with E-state index in [-0.39, 0.29) is 12.3 Å². The van der Waals surface area contributed by atoms with Crippen LogP contribution in [0.4, 0.5) is 10.5 Å². The van der Waals surface area contributed by atoms with Crippen LogP contribution < -0.4 is 11.1 Å². The van der Waals surface area contributed by atoms with E-state index in [2.05, 4.69) is 5.32 Å². The minimum atomic E-state index is -0.495. The van der Waals surface area contributed by atoms with Gasteiger partial charge in [-0.1, -0.05) is 12.1 Å². The summed E-state index contributed by atoms with van der Waals surface area (Å²) in [7, 11) is 0. The van der Waals surface area contributed by atoms with Crippen molar-refractivity contribution in [2.24, 2.45) is 5.73 Å². The second kappa shape index (κ2) is 5.75. The molecule has 5 nitrogen and oxygen atoms in total. The van der Waals surface area contributed by atoms with Crippen molar-refractivity contribution in [1.82, 2.24) is 0 Å². The molecule has 0 aliphatic heterocycles. The Labute approximate surface area is 93.6 Å². The van der Waals surface area contributed by atoms with Gasteiger partial charge in [-0.15, -0.1) is 0 Å². The Hall–Kier alpha value is -2.04. The maximum atomic E-state index is 11.1. The normalized spacial score (nSPS) is 9.56. The molecule has 0 saturated heterocycles. The smallest absolute Gasteiger partial charge is 0.411 e. The number of hydrogen-bond donors (Lipinski definition) is 2. The summed E-state index contributed by atoms with van der Waals surface area (Å²) in [6.07, 6.45) is -0.301. The predicted octanol–water partition coefficient (Wildman–Crippen LogP) is 1.28. The molecule has 0 unspecified atom stereocenters. The molecule has 1 rings (SSSR count). The Balaban J connectivity index is 2.57. The summed E-state index contributed by atoms with van der Waals surface area (Å²) in [6.45, 7) is 2.06. The first-order valence-corrected chi connectivity index (χ1v) is 4.93. The highest BCUT2D eigenvalue weighted by Gasteiger charge is 2.02. The van der Waals surface area contributed by atoms with Crippen molar-refractivity contribution in [1.29, 1.82) is 0 Å². The molecule has 0 bridgehead atoms. The van der Waals surface area contributed by atoms with Gasteiger partial charge in [0, 0.05) is 5.69 Å². The molecule has 0 saturated carbocycles. The second-order valence-electron chi connectivity index (χ2n) is 3.19. The van der Waals surface area contributed by atoms with E-state index in [4.69, 9.17) is 10.5 Å². The summed E-state index contributed by atoms with van der Waals surface area (Å²) in [5, 5.41) is 2.55. The van der Waals surface area contributed by atoms with E-state index in [1.807, 2.05) is 0 Å². The fraction of sp³-hybridized carbons (Fsp3) is 0.273. The third kappa shape index (κ3) is 4.00. The van der Waals surface area contributed by atoms with Gasteiger partial charge in [0.05, 0.1) is 13.0 Å². The standard InChI is InChI=1S/C11H14N2O3/c1-2-16-11(15)13-9-5-3-8(4-6-9)7-10(12)14/h3-6H,2,7H2,1H3,(H2,12,14)(H,13,15). The highest BCUT2D eigenvalue weighted by atomic mass is 16.5. The quantitative estimate of drug-likeness (QED) is 0.805. The number of amides is 2. The molecular formula is C11H14N2O3. The zero-order valence-electron chi connectivity index (χ0n) is 9.03. The van der Waals surface area contributed by atoms with Crippen LogP contribution in [0.1, 0.15) is 12.5 Å². The van der Waals surface area contributed by atoms with Crippen LogP contribution in [-0.4, -0.2) is 18.6 Å². The molecule has 0 fully saturated rings. The molecule has 0 heterocycles. The van der Waals surface area contributed by atoms with Crippen LogP contribution in [0.3, 0.4) is 0 Å². The van der Waals surface area contributed by atoms with Crippen LogP contribution in [0, 0.1) is 0 Å². The summed E-state index contributed by atoms with van der Waals surface area (Å²) < 4.78 is 4.72. The number of hydrogen-bond acceptors (Lipinski definition) is 3. The zero-order valence-corrected chi connectivity index (χ0v) is 9.03. The van der Waals surface area contributed by atoms with Crippen LogP contribution >= 0.6 is 0 Å². The second-order valence-corrected chi connectivity index (χ2v) is 3.19. The molecule has 0 radical (unpaired) electrons. The van der Waals surface area contributed by atoms with E-state index >= 15 is 0 Å². The molecule has 0 aliphatic rings. The summed E-state index contributed by atoms with van der Waals surface area (Å²) in [6, 6.07) is 6.84. The number of nitrogens with two attached hydrogens (primary N) is 1. The monoisotopic (exact) mass is 222 g/mol. The van der Waals surface area contributed by atoms with Gasteiger partial charge in [0.25, 0.3) is 0 Å².